The Morgan fingerprint density at radius 2 is 2.00 bits per heavy atom. The quantitative estimate of drug-likeness (QED) is 0.872. The van der Waals surface area contributed by atoms with Crippen LogP contribution in [0.4, 0.5) is 0 Å². The Hall–Kier alpha value is -0.870. The van der Waals surface area contributed by atoms with E-state index in [-0.39, 0.29) is 0 Å². The van der Waals surface area contributed by atoms with Gasteiger partial charge in [0.2, 0.25) is 0 Å². The van der Waals surface area contributed by atoms with Crippen LogP contribution in [0.15, 0.2) is 0 Å². The Morgan fingerprint density at radius 3 is 2.53 bits per heavy atom. The molecule has 2 rings (SSSR count). The smallest absolute Gasteiger partial charge is 0.0644 e. The number of ether oxygens (including phenoxy) is 1. The summed E-state index contributed by atoms with van der Waals surface area (Å²) in [4.78, 5) is 0. The highest BCUT2D eigenvalue weighted by Gasteiger charge is 2.20. The molecule has 0 aliphatic carbocycles. The van der Waals surface area contributed by atoms with Gasteiger partial charge in [0.1, 0.15) is 0 Å². The molecule has 4 nitrogen and oxygen atoms in total. The minimum Gasteiger partial charge on any atom is -0.381 e. The summed E-state index contributed by atoms with van der Waals surface area (Å²) in [5.74, 6) is 0. The third-order valence-corrected chi connectivity index (χ3v) is 3.71. The van der Waals surface area contributed by atoms with Crippen LogP contribution in [0.2, 0.25) is 0 Å². The van der Waals surface area contributed by atoms with E-state index in [2.05, 4.69) is 31.2 Å². The highest BCUT2D eigenvalue weighted by molar-refractivity contribution is 5.27. The van der Waals surface area contributed by atoms with Gasteiger partial charge in [0.15, 0.2) is 0 Å². The summed E-state index contributed by atoms with van der Waals surface area (Å²) in [5, 5.41) is 8.17. The summed E-state index contributed by atoms with van der Waals surface area (Å²) in [6.45, 7) is 8.22. The van der Waals surface area contributed by atoms with Gasteiger partial charge >= 0.3 is 0 Å². The molecule has 0 bridgehead atoms. The van der Waals surface area contributed by atoms with Crippen molar-refractivity contribution in [2.75, 3.05) is 13.2 Å². The number of nitrogens with zero attached hydrogens (tertiary/aromatic N) is 2. The number of aryl methyl sites for hydroxylation is 2. The average Bonchev–Trinajstić information content (AvgIpc) is 2.54. The van der Waals surface area contributed by atoms with Crippen LogP contribution in [0.3, 0.4) is 0 Å². The third-order valence-electron chi connectivity index (χ3n) is 3.71. The van der Waals surface area contributed by atoms with Gasteiger partial charge in [-0.3, -0.25) is 4.68 Å². The minimum atomic E-state index is 0.367. The maximum absolute atomic E-state index is 5.38. The molecule has 0 unspecified atom stereocenters. The second-order valence-electron chi connectivity index (χ2n) is 4.98. The number of hydrogen-bond acceptors (Lipinski definition) is 3. The molecule has 1 fully saturated rings. The van der Waals surface area contributed by atoms with Crippen LogP contribution >= 0.6 is 0 Å². The molecule has 1 N–H and O–H groups in total. The van der Waals surface area contributed by atoms with E-state index in [1.165, 1.54) is 11.3 Å². The summed E-state index contributed by atoms with van der Waals surface area (Å²) >= 11 is 0. The van der Waals surface area contributed by atoms with E-state index < -0.39 is 0 Å². The predicted octanol–water partition coefficient (Wildman–Crippen LogP) is 1.87. The summed E-state index contributed by atoms with van der Waals surface area (Å²) < 4.78 is 7.35. The van der Waals surface area contributed by atoms with E-state index in [4.69, 9.17) is 4.74 Å². The molecule has 1 aliphatic heterocycles. The van der Waals surface area contributed by atoms with Gasteiger partial charge in [-0.15, -0.1) is 0 Å². The zero-order chi connectivity index (χ0) is 12.4. The topological polar surface area (TPSA) is 39.1 Å². The molecule has 1 aliphatic rings. The van der Waals surface area contributed by atoms with Crippen LogP contribution in [-0.4, -0.2) is 29.0 Å². The van der Waals surface area contributed by atoms with Crippen molar-refractivity contribution >= 4 is 0 Å². The van der Waals surface area contributed by atoms with Crippen molar-refractivity contribution in [1.29, 1.82) is 0 Å². The van der Waals surface area contributed by atoms with Gasteiger partial charge in [-0.1, -0.05) is 0 Å². The fraction of sp³-hybridized carbons (Fsp3) is 0.769. The lowest BCUT2D eigenvalue weighted by Crippen LogP contribution is -2.36. The van der Waals surface area contributed by atoms with Crippen LogP contribution in [0, 0.1) is 13.8 Å². The molecule has 2 heterocycles. The first kappa shape index (κ1) is 12.6. The second-order valence-corrected chi connectivity index (χ2v) is 4.98. The fourth-order valence-corrected chi connectivity index (χ4v) is 2.72. The van der Waals surface area contributed by atoms with E-state index in [9.17, 15) is 0 Å². The van der Waals surface area contributed by atoms with Gasteiger partial charge in [0.05, 0.1) is 5.69 Å². The molecule has 96 valence electrons. The van der Waals surface area contributed by atoms with Crippen LogP contribution in [0.5, 0.6) is 0 Å². The molecule has 0 spiro atoms. The maximum Gasteiger partial charge on any atom is 0.0644 e. The predicted molar refractivity (Wildman–Crippen MR) is 68.1 cm³/mol. The molecule has 0 saturated carbocycles. The summed E-state index contributed by atoms with van der Waals surface area (Å²) in [5.41, 5.74) is 3.74. The van der Waals surface area contributed by atoms with Crippen molar-refractivity contribution in [3.63, 3.8) is 0 Å². The highest BCUT2D eigenvalue weighted by atomic mass is 16.5. The fourth-order valence-electron chi connectivity index (χ4n) is 2.72. The minimum absolute atomic E-state index is 0.367. The highest BCUT2D eigenvalue weighted by Crippen LogP contribution is 2.22. The average molecular weight is 237 g/mol. The van der Waals surface area contributed by atoms with Crippen molar-refractivity contribution in [1.82, 2.24) is 15.1 Å². The molecule has 0 radical (unpaired) electrons. The zero-order valence-electron chi connectivity index (χ0n) is 11.3. The largest absolute Gasteiger partial charge is 0.381 e. The molecule has 4 heteroatoms. The Kier molecular flexibility index (Phi) is 3.84. The lowest BCUT2D eigenvalue weighted by atomic mass is 10.0. The first-order valence-electron chi connectivity index (χ1n) is 6.43. The van der Waals surface area contributed by atoms with Gasteiger partial charge in [0, 0.05) is 43.6 Å². The molecular weight excluding hydrogens is 214 g/mol. The molecule has 0 amide bonds. The second kappa shape index (κ2) is 5.19. The number of rotatable bonds is 3. The standard InChI is InChI=1S/C13H23N3O/c1-9(14-12-5-7-17-8-6-12)13-10(2)15-16(4)11(13)3/h9,12,14H,5-8H2,1-4H3/t9-/m0/s1. The van der Waals surface area contributed by atoms with Crippen LogP contribution in [-0.2, 0) is 11.8 Å². The van der Waals surface area contributed by atoms with Crippen LogP contribution in [0.25, 0.3) is 0 Å². The van der Waals surface area contributed by atoms with Crippen molar-refractivity contribution in [2.24, 2.45) is 7.05 Å². The van der Waals surface area contributed by atoms with Crippen molar-refractivity contribution in [2.45, 2.75) is 45.7 Å². The molecular formula is C13H23N3O. The van der Waals surface area contributed by atoms with Crippen LogP contribution < -0.4 is 5.32 Å². The normalized spacial score (nSPS) is 19.5. The SMILES string of the molecule is Cc1nn(C)c(C)c1[C@H](C)NC1CCOCC1. The molecule has 1 saturated heterocycles. The first-order valence-corrected chi connectivity index (χ1v) is 6.43. The molecule has 0 aromatic carbocycles. The Balaban J connectivity index is 2.05. The lowest BCUT2D eigenvalue weighted by molar-refractivity contribution is 0.0754. The van der Waals surface area contributed by atoms with Crippen molar-refractivity contribution in [3.05, 3.63) is 17.0 Å². The number of aromatic nitrogens is 2. The lowest BCUT2D eigenvalue weighted by Gasteiger charge is -2.27. The van der Waals surface area contributed by atoms with Gasteiger partial charge in [0.25, 0.3) is 0 Å². The van der Waals surface area contributed by atoms with Gasteiger partial charge in [-0.05, 0) is 33.6 Å². The molecule has 1 atom stereocenters. The summed E-state index contributed by atoms with van der Waals surface area (Å²) in [6.07, 6.45) is 2.23. The monoisotopic (exact) mass is 237 g/mol. The maximum atomic E-state index is 5.38. The van der Waals surface area contributed by atoms with Gasteiger partial charge in [-0.2, -0.15) is 5.10 Å². The number of hydrogen-bond donors (Lipinski definition) is 1. The first-order chi connectivity index (χ1) is 8.09. The summed E-state index contributed by atoms with van der Waals surface area (Å²) in [7, 11) is 2.01. The zero-order valence-corrected chi connectivity index (χ0v) is 11.3. The Morgan fingerprint density at radius 1 is 1.35 bits per heavy atom. The van der Waals surface area contributed by atoms with Crippen LogP contribution in [0.1, 0.15) is 42.8 Å². The van der Waals surface area contributed by atoms with Gasteiger partial charge < -0.3 is 10.1 Å². The molecule has 1 aromatic heterocycles. The molecule has 1 aromatic rings. The third kappa shape index (κ3) is 2.69. The Labute approximate surface area is 103 Å². The van der Waals surface area contributed by atoms with Gasteiger partial charge in [-0.25, -0.2) is 0 Å². The van der Waals surface area contributed by atoms with E-state index in [1.54, 1.807) is 0 Å². The van der Waals surface area contributed by atoms with E-state index in [1.807, 2.05) is 11.7 Å². The number of nitrogens with one attached hydrogen (secondary N) is 1. The van der Waals surface area contributed by atoms with E-state index >= 15 is 0 Å². The van der Waals surface area contributed by atoms with E-state index in [0.717, 1.165) is 31.7 Å². The van der Waals surface area contributed by atoms with Crippen molar-refractivity contribution in [3.8, 4) is 0 Å². The Bertz CT molecular complexity index is 380. The summed E-state index contributed by atoms with van der Waals surface area (Å²) in [6, 6.07) is 0.949. The molecule has 17 heavy (non-hydrogen) atoms. The van der Waals surface area contributed by atoms with E-state index in [0.29, 0.717) is 12.1 Å². The van der Waals surface area contributed by atoms with Crippen molar-refractivity contribution < 1.29 is 4.74 Å².